The maximum Gasteiger partial charge on any atom is 0.337 e. The van der Waals surface area contributed by atoms with Gasteiger partial charge < -0.3 is 5.32 Å². The van der Waals surface area contributed by atoms with E-state index in [1.54, 1.807) is 0 Å². The molecule has 0 spiro atoms. The second kappa shape index (κ2) is 1.70. The Morgan fingerprint density at radius 2 is 2.75 bits per heavy atom. The first kappa shape index (κ1) is 4.91. The Bertz CT molecular complexity index is 148. The van der Waals surface area contributed by atoms with Crippen LogP contribution in [0.1, 0.15) is 0 Å². The summed E-state index contributed by atoms with van der Waals surface area (Å²) in [6, 6.07) is 1.01. The predicted octanol–water partition coefficient (Wildman–Crippen LogP) is -0.794. The molecule has 4 nitrogen and oxygen atoms in total. The first-order valence-corrected chi connectivity index (χ1v) is 2.21. The van der Waals surface area contributed by atoms with Crippen molar-refractivity contribution in [3.05, 3.63) is 0 Å². The smallest absolute Gasteiger partial charge is 0.333 e. The second-order valence-electron chi connectivity index (χ2n) is 1.46. The quantitative estimate of drug-likeness (QED) is 0.444. The van der Waals surface area contributed by atoms with Gasteiger partial charge in [-0.25, -0.2) is 10.1 Å². The Morgan fingerprint density at radius 1 is 2.00 bits per heavy atom. The van der Waals surface area contributed by atoms with Gasteiger partial charge in [-0.15, -0.1) is 0 Å². The summed E-state index contributed by atoms with van der Waals surface area (Å²) in [6.07, 6.45) is 0. The van der Waals surface area contributed by atoms with Crippen molar-refractivity contribution in [3.8, 4) is 6.07 Å². The molecule has 1 unspecified atom stereocenters. The number of urea groups is 1. The number of carbonyl (C=O) groups excluding carboxylic acids is 1. The van der Waals surface area contributed by atoms with Crippen molar-refractivity contribution < 1.29 is 4.79 Å². The van der Waals surface area contributed by atoms with E-state index >= 15 is 0 Å². The van der Waals surface area contributed by atoms with Gasteiger partial charge in [-0.1, -0.05) is 0 Å². The maximum atomic E-state index is 10.2. The summed E-state index contributed by atoms with van der Waals surface area (Å²) in [5.74, 6) is 0. The van der Waals surface area contributed by atoms with Gasteiger partial charge in [0.25, 0.3) is 0 Å². The molecule has 41 valence electrons. The van der Waals surface area contributed by atoms with E-state index in [4.69, 9.17) is 5.26 Å². The number of amides is 2. The van der Waals surface area contributed by atoms with Crippen LogP contribution in [-0.4, -0.2) is 18.6 Å². The molecule has 1 heterocycles. The standard InChI is InChI=1S/C4H4N3O/c5-1-3-2-6-4(8)7-3/h3H,2H2,(H,6,8). The van der Waals surface area contributed by atoms with Crippen molar-refractivity contribution in [2.75, 3.05) is 6.54 Å². The Kier molecular flexibility index (Phi) is 1.04. The zero-order valence-electron chi connectivity index (χ0n) is 4.09. The van der Waals surface area contributed by atoms with E-state index in [1.165, 1.54) is 0 Å². The average molecular weight is 110 g/mol. The predicted molar refractivity (Wildman–Crippen MR) is 24.9 cm³/mol. The number of hydrogen-bond acceptors (Lipinski definition) is 2. The third-order valence-electron chi connectivity index (χ3n) is 0.869. The summed E-state index contributed by atoms with van der Waals surface area (Å²) >= 11 is 0. The van der Waals surface area contributed by atoms with E-state index in [-0.39, 0.29) is 6.03 Å². The molecule has 1 aliphatic rings. The minimum atomic E-state index is -0.456. The molecule has 0 aromatic rings. The zero-order chi connectivity index (χ0) is 5.98. The number of rotatable bonds is 0. The van der Waals surface area contributed by atoms with Crippen molar-refractivity contribution >= 4 is 6.03 Å². The van der Waals surface area contributed by atoms with Crippen LogP contribution in [0.2, 0.25) is 0 Å². The SMILES string of the molecule is N#CC1CNC(=O)[N]1. The third kappa shape index (κ3) is 0.706. The lowest BCUT2D eigenvalue weighted by molar-refractivity contribution is 0.247. The van der Waals surface area contributed by atoms with Gasteiger partial charge in [0.05, 0.1) is 12.6 Å². The van der Waals surface area contributed by atoms with Crippen LogP contribution in [0.4, 0.5) is 4.79 Å². The van der Waals surface area contributed by atoms with Gasteiger partial charge in [0.2, 0.25) is 0 Å². The fourth-order valence-electron chi connectivity index (χ4n) is 0.491. The van der Waals surface area contributed by atoms with Crippen LogP contribution in [0.5, 0.6) is 0 Å². The average Bonchev–Trinajstić information content (AvgIpc) is 2.14. The molecule has 2 amide bonds. The molecule has 1 aliphatic heterocycles. The topological polar surface area (TPSA) is 67.0 Å². The second-order valence-corrected chi connectivity index (χ2v) is 1.46. The molecule has 0 aromatic heterocycles. The van der Waals surface area contributed by atoms with E-state index in [1.807, 2.05) is 6.07 Å². The lowest BCUT2D eigenvalue weighted by Crippen LogP contribution is -2.16. The normalized spacial score (nSPS) is 25.9. The van der Waals surface area contributed by atoms with Crippen molar-refractivity contribution in [1.82, 2.24) is 10.6 Å². The number of nitriles is 1. The first-order valence-electron chi connectivity index (χ1n) is 2.21. The fraction of sp³-hybridized carbons (Fsp3) is 0.500. The highest BCUT2D eigenvalue weighted by Crippen LogP contribution is 1.88. The molecule has 0 saturated carbocycles. The largest absolute Gasteiger partial charge is 0.337 e. The minimum absolute atomic E-state index is 0.370. The molecular weight excluding hydrogens is 106 g/mol. The summed E-state index contributed by atoms with van der Waals surface area (Å²) in [7, 11) is 0. The molecule has 8 heavy (non-hydrogen) atoms. The highest BCUT2D eigenvalue weighted by Gasteiger charge is 2.20. The van der Waals surface area contributed by atoms with Crippen LogP contribution in [0.15, 0.2) is 0 Å². The van der Waals surface area contributed by atoms with Crippen molar-refractivity contribution in [3.63, 3.8) is 0 Å². The van der Waals surface area contributed by atoms with Crippen LogP contribution < -0.4 is 10.6 Å². The van der Waals surface area contributed by atoms with Crippen molar-refractivity contribution in [2.24, 2.45) is 0 Å². The molecule has 1 fully saturated rings. The molecule has 0 aromatic carbocycles. The lowest BCUT2D eigenvalue weighted by atomic mass is 10.4. The Labute approximate surface area is 46.5 Å². The highest BCUT2D eigenvalue weighted by atomic mass is 16.2. The van der Waals surface area contributed by atoms with E-state index in [2.05, 4.69) is 10.6 Å². The summed E-state index contributed by atoms with van der Waals surface area (Å²) < 4.78 is 0. The Balaban J connectivity index is 2.47. The number of nitrogens with zero attached hydrogens (tertiary/aromatic N) is 2. The van der Waals surface area contributed by atoms with Crippen molar-refractivity contribution in [1.29, 1.82) is 5.26 Å². The molecule has 1 atom stereocenters. The van der Waals surface area contributed by atoms with Gasteiger partial charge >= 0.3 is 6.03 Å². The number of carbonyl (C=O) groups is 1. The summed E-state index contributed by atoms with van der Waals surface area (Å²) in [5.41, 5.74) is 0. The molecule has 0 bridgehead atoms. The van der Waals surface area contributed by atoms with E-state index in [9.17, 15) is 4.79 Å². The van der Waals surface area contributed by atoms with E-state index < -0.39 is 6.04 Å². The van der Waals surface area contributed by atoms with Crippen LogP contribution in [0.25, 0.3) is 0 Å². The molecule has 1 saturated heterocycles. The molecular formula is C4H4N3O. The number of nitrogens with one attached hydrogen (secondary N) is 1. The Morgan fingerprint density at radius 3 is 3.00 bits per heavy atom. The van der Waals surface area contributed by atoms with Gasteiger partial charge in [-0.05, 0) is 0 Å². The molecule has 0 aliphatic carbocycles. The van der Waals surface area contributed by atoms with Gasteiger partial charge in [0.1, 0.15) is 0 Å². The number of hydrogen-bond donors (Lipinski definition) is 1. The lowest BCUT2D eigenvalue weighted by Gasteiger charge is -1.85. The van der Waals surface area contributed by atoms with Gasteiger partial charge in [0, 0.05) is 0 Å². The molecule has 1 radical (unpaired) electrons. The monoisotopic (exact) mass is 110 g/mol. The van der Waals surface area contributed by atoms with Gasteiger partial charge in [-0.2, -0.15) is 5.26 Å². The summed E-state index contributed by atoms with van der Waals surface area (Å²) in [5, 5.41) is 13.9. The van der Waals surface area contributed by atoms with Crippen LogP contribution in [-0.2, 0) is 0 Å². The highest BCUT2D eigenvalue weighted by molar-refractivity contribution is 5.76. The Hall–Kier alpha value is -1.24. The van der Waals surface area contributed by atoms with Crippen LogP contribution in [0.3, 0.4) is 0 Å². The summed E-state index contributed by atoms with van der Waals surface area (Å²) in [6.45, 7) is 0.370. The van der Waals surface area contributed by atoms with Crippen LogP contribution >= 0.6 is 0 Å². The third-order valence-corrected chi connectivity index (χ3v) is 0.869. The molecule has 4 heteroatoms. The molecule has 1 N–H and O–H groups in total. The van der Waals surface area contributed by atoms with E-state index in [0.717, 1.165) is 0 Å². The molecule has 1 rings (SSSR count). The minimum Gasteiger partial charge on any atom is -0.333 e. The maximum absolute atomic E-state index is 10.2. The van der Waals surface area contributed by atoms with E-state index in [0.29, 0.717) is 6.54 Å². The summed E-state index contributed by atoms with van der Waals surface area (Å²) in [4.78, 5) is 10.2. The van der Waals surface area contributed by atoms with Gasteiger partial charge in [-0.3, -0.25) is 0 Å². The van der Waals surface area contributed by atoms with Gasteiger partial charge in [0.15, 0.2) is 6.04 Å². The van der Waals surface area contributed by atoms with Crippen LogP contribution in [0, 0.1) is 11.3 Å². The first-order chi connectivity index (χ1) is 3.83. The van der Waals surface area contributed by atoms with Crippen molar-refractivity contribution in [2.45, 2.75) is 6.04 Å². The zero-order valence-corrected chi connectivity index (χ0v) is 4.09. The fourth-order valence-corrected chi connectivity index (χ4v) is 0.491.